The van der Waals surface area contributed by atoms with Gasteiger partial charge in [0.1, 0.15) is 0 Å². The van der Waals surface area contributed by atoms with Gasteiger partial charge in [0.15, 0.2) is 0 Å². The van der Waals surface area contributed by atoms with Gasteiger partial charge in [-0.1, -0.05) is 60.7 Å². The summed E-state index contributed by atoms with van der Waals surface area (Å²) in [5.74, 6) is 0. The zero-order valence-corrected chi connectivity index (χ0v) is 15.3. The lowest BCUT2D eigenvalue weighted by Crippen LogP contribution is -2.30. The largest absolute Gasteiger partial charge is 0.373 e. The first kappa shape index (κ1) is 19.1. The molecule has 2 aliphatic rings. The molecule has 2 unspecified atom stereocenters. The minimum Gasteiger partial charge on any atom is -0.373 e. The molecule has 0 saturated carbocycles. The maximum atomic E-state index is 5.88. The zero-order chi connectivity index (χ0) is 18.2. The van der Waals surface area contributed by atoms with Gasteiger partial charge in [-0.3, -0.25) is 0 Å². The molecule has 4 N–H and O–H groups in total. The Morgan fingerprint density at radius 3 is 1.35 bits per heavy atom. The molecule has 0 spiro atoms. The SMILES string of the molecule is N[C@@H]1CCOC(c2ccccc2)C1.N[C@H]1CCOC(c2ccccc2)C1. The molecule has 0 radical (unpaired) electrons. The molecule has 0 bridgehead atoms. The summed E-state index contributed by atoms with van der Waals surface area (Å²) in [6.45, 7) is 1.58. The fourth-order valence-corrected chi connectivity index (χ4v) is 3.45. The summed E-state index contributed by atoms with van der Waals surface area (Å²) in [7, 11) is 0. The van der Waals surface area contributed by atoms with E-state index in [0.717, 1.165) is 38.9 Å². The number of benzene rings is 2. The van der Waals surface area contributed by atoms with Crippen LogP contribution in [0.4, 0.5) is 0 Å². The van der Waals surface area contributed by atoms with Gasteiger partial charge in [0.25, 0.3) is 0 Å². The molecule has 4 nitrogen and oxygen atoms in total. The Morgan fingerprint density at radius 2 is 1.00 bits per heavy atom. The van der Waals surface area contributed by atoms with Crippen LogP contribution in [-0.4, -0.2) is 25.3 Å². The van der Waals surface area contributed by atoms with Crippen LogP contribution in [0.1, 0.15) is 49.0 Å². The van der Waals surface area contributed by atoms with E-state index < -0.39 is 0 Å². The lowest BCUT2D eigenvalue weighted by atomic mass is 9.98. The van der Waals surface area contributed by atoms with Crippen molar-refractivity contribution < 1.29 is 9.47 Å². The second-order valence-corrected chi connectivity index (χ2v) is 7.11. The summed E-state index contributed by atoms with van der Waals surface area (Å²) in [6, 6.07) is 21.2. The highest BCUT2D eigenvalue weighted by atomic mass is 16.5. The fourth-order valence-electron chi connectivity index (χ4n) is 3.45. The topological polar surface area (TPSA) is 70.5 Å². The van der Waals surface area contributed by atoms with Gasteiger partial charge in [0.05, 0.1) is 12.2 Å². The van der Waals surface area contributed by atoms with Crippen molar-refractivity contribution in [1.29, 1.82) is 0 Å². The molecule has 4 heteroatoms. The molecule has 4 atom stereocenters. The van der Waals surface area contributed by atoms with E-state index in [1.807, 2.05) is 36.4 Å². The van der Waals surface area contributed by atoms with Crippen molar-refractivity contribution in [3.05, 3.63) is 71.8 Å². The first-order chi connectivity index (χ1) is 12.7. The second-order valence-electron chi connectivity index (χ2n) is 7.11. The van der Waals surface area contributed by atoms with E-state index in [1.165, 1.54) is 11.1 Å². The van der Waals surface area contributed by atoms with Crippen LogP contribution in [0.15, 0.2) is 60.7 Å². The van der Waals surface area contributed by atoms with E-state index in [-0.39, 0.29) is 12.2 Å². The fraction of sp³-hybridized carbons (Fsp3) is 0.455. The minimum atomic E-state index is 0.213. The van der Waals surface area contributed by atoms with Crippen molar-refractivity contribution in [3.8, 4) is 0 Å². The van der Waals surface area contributed by atoms with Crippen LogP contribution in [0.5, 0.6) is 0 Å². The van der Waals surface area contributed by atoms with E-state index in [4.69, 9.17) is 20.9 Å². The number of hydrogen-bond acceptors (Lipinski definition) is 4. The Balaban J connectivity index is 0.000000151. The van der Waals surface area contributed by atoms with Crippen molar-refractivity contribution in [1.82, 2.24) is 0 Å². The summed E-state index contributed by atoms with van der Waals surface area (Å²) in [5, 5.41) is 0. The third-order valence-electron chi connectivity index (χ3n) is 4.99. The highest BCUT2D eigenvalue weighted by Crippen LogP contribution is 2.27. The highest BCUT2D eigenvalue weighted by Gasteiger charge is 2.21. The summed E-state index contributed by atoms with van der Waals surface area (Å²) >= 11 is 0. The van der Waals surface area contributed by atoms with E-state index >= 15 is 0 Å². The number of nitrogens with two attached hydrogens (primary N) is 2. The van der Waals surface area contributed by atoms with Crippen LogP contribution in [0.3, 0.4) is 0 Å². The van der Waals surface area contributed by atoms with Crippen molar-refractivity contribution >= 4 is 0 Å². The molecule has 4 rings (SSSR count). The number of rotatable bonds is 2. The van der Waals surface area contributed by atoms with Gasteiger partial charge in [0.2, 0.25) is 0 Å². The maximum Gasteiger partial charge on any atom is 0.0839 e. The summed E-state index contributed by atoms with van der Waals surface area (Å²) in [6.07, 6.45) is 4.30. The first-order valence-corrected chi connectivity index (χ1v) is 9.56. The molecule has 2 heterocycles. The van der Waals surface area contributed by atoms with E-state index in [0.29, 0.717) is 12.1 Å². The molecule has 2 fully saturated rings. The molecule has 0 aromatic heterocycles. The Hall–Kier alpha value is -1.72. The molecular weight excluding hydrogens is 324 g/mol. The normalized spacial score (nSPS) is 28.7. The van der Waals surface area contributed by atoms with Crippen molar-refractivity contribution in [2.75, 3.05) is 13.2 Å². The van der Waals surface area contributed by atoms with Crippen molar-refractivity contribution in [3.63, 3.8) is 0 Å². The van der Waals surface area contributed by atoms with Crippen LogP contribution in [0.25, 0.3) is 0 Å². The smallest absolute Gasteiger partial charge is 0.0839 e. The van der Waals surface area contributed by atoms with Crippen LogP contribution in [0, 0.1) is 0 Å². The number of ether oxygens (including phenoxy) is 2. The average molecular weight is 354 g/mol. The second kappa shape index (κ2) is 9.83. The van der Waals surface area contributed by atoms with Gasteiger partial charge >= 0.3 is 0 Å². The van der Waals surface area contributed by atoms with Gasteiger partial charge in [-0.05, 0) is 36.8 Å². The van der Waals surface area contributed by atoms with Crippen LogP contribution >= 0.6 is 0 Å². The third kappa shape index (κ3) is 5.64. The standard InChI is InChI=1S/2C11H15NO/c2*12-10-6-7-13-11(8-10)9-4-2-1-3-5-9/h2*1-5,10-11H,6-8,12H2/t2*10-,11?/m10/s1. The Morgan fingerprint density at radius 1 is 0.615 bits per heavy atom. The molecule has 2 saturated heterocycles. The molecule has 0 amide bonds. The summed E-state index contributed by atoms with van der Waals surface area (Å²) < 4.78 is 11.3. The first-order valence-electron chi connectivity index (χ1n) is 9.56. The summed E-state index contributed by atoms with van der Waals surface area (Å²) in [4.78, 5) is 0. The van der Waals surface area contributed by atoms with Gasteiger partial charge in [-0.25, -0.2) is 0 Å². The molecule has 0 aliphatic carbocycles. The molecule has 26 heavy (non-hydrogen) atoms. The maximum absolute atomic E-state index is 5.88. The van der Waals surface area contributed by atoms with Crippen molar-refractivity contribution in [2.45, 2.75) is 50.0 Å². The quantitative estimate of drug-likeness (QED) is 0.862. The lowest BCUT2D eigenvalue weighted by molar-refractivity contribution is 0.00653. The molecule has 140 valence electrons. The van der Waals surface area contributed by atoms with E-state index in [2.05, 4.69) is 24.3 Å². The van der Waals surface area contributed by atoms with Crippen LogP contribution in [0.2, 0.25) is 0 Å². The predicted molar refractivity (Wildman–Crippen MR) is 105 cm³/mol. The van der Waals surface area contributed by atoms with Crippen LogP contribution < -0.4 is 11.5 Å². The minimum absolute atomic E-state index is 0.213. The zero-order valence-electron chi connectivity index (χ0n) is 15.3. The molecule has 2 aliphatic heterocycles. The Kier molecular flexibility index (Phi) is 7.21. The summed E-state index contributed by atoms with van der Waals surface area (Å²) in [5.41, 5.74) is 14.3. The van der Waals surface area contributed by atoms with Gasteiger partial charge in [-0.2, -0.15) is 0 Å². The molecule has 2 aromatic rings. The average Bonchev–Trinajstić information content (AvgIpc) is 2.70. The third-order valence-corrected chi connectivity index (χ3v) is 4.99. The van der Waals surface area contributed by atoms with Gasteiger partial charge in [-0.15, -0.1) is 0 Å². The molecular formula is C22H30N2O2. The monoisotopic (exact) mass is 354 g/mol. The Labute approximate surface area is 156 Å². The lowest BCUT2D eigenvalue weighted by Gasteiger charge is -2.27. The molecule has 2 aromatic carbocycles. The van der Waals surface area contributed by atoms with E-state index in [9.17, 15) is 0 Å². The predicted octanol–water partition coefficient (Wildman–Crippen LogP) is 3.73. The Bertz CT molecular complexity index is 578. The van der Waals surface area contributed by atoms with Crippen LogP contribution in [-0.2, 0) is 9.47 Å². The van der Waals surface area contributed by atoms with Gasteiger partial charge < -0.3 is 20.9 Å². The highest BCUT2D eigenvalue weighted by molar-refractivity contribution is 5.19. The van der Waals surface area contributed by atoms with Crippen molar-refractivity contribution in [2.24, 2.45) is 11.5 Å². The number of hydrogen-bond donors (Lipinski definition) is 2. The van der Waals surface area contributed by atoms with E-state index in [1.54, 1.807) is 0 Å². The van der Waals surface area contributed by atoms with Gasteiger partial charge in [0, 0.05) is 25.3 Å².